The Morgan fingerprint density at radius 3 is 2.43 bits per heavy atom. The lowest BCUT2D eigenvalue weighted by molar-refractivity contribution is -0.121. The number of hydrogen-bond acceptors (Lipinski definition) is 3. The molecule has 1 aliphatic carbocycles. The van der Waals surface area contributed by atoms with Crippen LogP contribution in [-0.4, -0.2) is 39.7 Å². The number of nitrogens with zero attached hydrogens (tertiary/aromatic N) is 3. The fourth-order valence-corrected chi connectivity index (χ4v) is 4.51. The second-order valence-electron chi connectivity index (χ2n) is 9.15. The highest BCUT2D eigenvalue weighted by molar-refractivity contribution is 5.76. The molecule has 0 radical (unpaired) electrons. The van der Waals surface area contributed by atoms with Crippen LogP contribution < -0.4 is 5.32 Å². The van der Waals surface area contributed by atoms with Crippen LogP contribution in [0.15, 0.2) is 30.5 Å². The van der Waals surface area contributed by atoms with Gasteiger partial charge in [-0.15, -0.1) is 0 Å². The van der Waals surface area contributed by atoms with E-state index in [9.17, 15) is 4.79 Å². The summed E-state index contributed by atoms with van der Waals surface area (Å²) in [6.07, 6.45) is 9.50. The monoisotopic (exact) mass is 408 g/mol. The van der Waals surface area contributed by atoms with E-state index in [1.807, 2.05) is 6.20 Å². The van der Waals surface area contributed by atoms with E-state index in [1.54, 1.807) is 0 Å². The number of amides is 1. The van der Waals surface area contributed by atoms with Crippen LogP contribution in [0.4, 0.5) is 0 Å². The smallest absolute Gasteiger partial charge is 0.220 e. The van der Waals surface area contributed by atoms with Gasteiger partial charge in [-0.1, -0.05) is 24.3 Å². The number of carbonyl (C=O) groups excluding carboxylic acids is 1. The van der Waals surface area contributed by atoms with Crippen molar-refractivity contribution in [3.8, 4) is 0 Å². The van der Waals surface area contributed by atoms with Crippen molar-refractivity contribution in [3.63, 3.8) is 0 Å². The Morgan fingerprint density at radius 2 is 1.80 bits per heavy atom. The summed E-state index contributed by atoms with van der Waals surface area (Å²) < 4.78 is 2.09. The lowest BCUT2D eigenvalue weighted by atomic mass is 9.89. The first-order valence-electron chi connectivity index (χ1n) is 11.7. The zero-order valence-electron chi connectivity index (χ0n) is 18.6. The Morgan fingerprint density at radius 1 is 1.10 bits per heavy atom. The molecule has 5 heteroatoms. The molecule has 1 saturated heterocycles. The number of nitrogens with one attached hydrogen (secondary N) is 1. The Hall–Kier alpha value is -2.14. The predicted molar refractivity (Wildman–Crippen MR) is 120 cm³/mol. The summed E-state index contributed by atoms with van der Waals surface area (Å²) in [7, 11) is 0. The maximum Gasteiger partial charge on any atom is 0.220 e. The maximum atomic E-state index is 11.9. The molecule has 2 aliphatic rings. The second-order valence-corrected chi connectivity index (χ2v) is 9.15. The van der Waals surface area contributed by atoms with Crippen molar-refractivity contribution in [1.29, 1.82) is 0 Å². The van der Waals surface area contributed by atoms with Gasteiger partial charge in [0.2, 0.25) is 5.91 Å². The third kappa shape index (κ3) is 5.72. The summed E-state index contributed by atoms with van der Waals surface area (Å²) >= 11 is 0. The number of benzene rings is 1. The molecule has 2 aromatic rings. The van der Waals surface area contributed by atoms with Gasteiger partial charge < -0.3 is 5.32 Å². The van der Waals surface area contributed by atoms with Gasteiger partial charge in [-0.25, -0.2) is 0 Å². The van der Waals surface area contributed by atoms with Crippen LogP contribution in [-0.2, 0) is 30.7 Å². The largest absolute Gasteiger partial charge is 0.353 e. The van der Waals surface area contributed by atoms with Gasteiger partial charge in [0.15, 0.2) is 0 Å². The molecular weight excluding hydrogens is 372 g/mol. The molecule has 30 heavy (non-hydrogen) atoms. The van der Waals surface area contributed by atoms with Gasteiger partial charge in [0, 0.05) is 36.8 Å². The third-order valence-electron chi connectivity index (χ3n) is 6.74. The van der Waals surface area contributed by atoms with Gasteiger partial charge in [-0.05, 0) is 82.5 Å². The Kier molecular flexibility index (Phi) is 6.88. The highest BCUT2D eigenvalue weighted by atomic mass is 16.1. The summed E-state index contributed by atoms with van der Waals surface area (Å²) in [6, 6.07) is 9.42. The van der Waals surface area contributed by atoms with Crippen LogP contribution in [0.25, 0.3) is 0 Å². The van der Waals surface area contributed by atoms with E-state index in [0.717, 1.165) is 38.3 Å². The summed E-state index contributed by atoms with van der Waals surface area (Å²) in [5, 5.41) is 7.55. The normalized spacial score (nSPS) is 17.9. The first kappa shape index (κ1) is 21.1. The molecule has 1 aromatic heterocycles. The predicted octanol–water partition coefficient (Wildman–Crippen LogP) is 3.88. The summed E-state index contributed by atoms with van der Waals surface area (Å²) in [5.74, 6) is 0.974. The van der Waals surface area contributed by atoms with Crippen molar-refractivity contribution in [1.82, 2.24) is 20.0 Å². The van der Waals surface area contributed by atoms with Crippen LogP contribution in [0.1, 0.15) is 61.4 Å². The Balaban J connectivity index is 1.19. The molecule has 0 bridgehead atoms. The summed E-state index contributed by atoms with van der Waals surface area (Å²) in [4.78, 5) is 14.4. The van der Waals surface area contributed by atoms with Crippen molar-refractivity contribution in [3.05, 3.63) is 52.8 Å². The summed E-state index contributed by atoms with van der Waals surface area (Å²) in [6.45, 7) is 8.66. The first-order chi connectivity index (χ1) is 14.6. The fourth-order valence-electron chi connectivity index (χ4n) is 4.51. The minimum absolute atomic E-state index is 0.200. The highest BCUT2D eigenvalue weighted by Crippen LogP contribution is 2.24. The molecule has 0 atom stereocenters. The minimum Gasteiger partial charge on any atom is -0.353 e. The molecule has 2 fully saturated rings. The SMILES string of the molecule is CCn1ncc(CN2CCC(Cc3ccc(CCC(=O)NC4CC4)cc3)CC2)c1C. The number of aryl methyl sites for hydroxylation is 2. The highest BCUT2D eigenvalue weighted by Gasteiger charge is 2.23. The molecule has 1 aliphatic heterocycles. The van der Waals surface area contributed by atoms with E-state index in [2.05, 4.69) is 58.1 Å². The van der Waals surface area contributed by atoms with E-state index >= 15 is 0 Å². The molecule has 1 aromatic carbocycles. The second kappa shape index (κ2) is 9.78. The van der Waals surface area contributed by atoms with Crippen molar-refractivity contribution in [2.75, 3.05) is 13.1 Å². The summed E-state index contributed by atoms with van der Waals surface area (Å²) in [5.41, 5.74) is 5.38. The molecule has 5 nitrogen and oxygen atoms in total. The molecule has 1 N–H and O–H groups in total. The fraction of sp³-hybridized carbons (Fsp3) is 0.600. The molecular formula is C25H36N4O. The number of carbonyl (C=O) groups is 1. The number of rotatable bonds is 9. The topological polar surface area (TPSA) is 50.2 Å². The van der Waals surface area contributed by atoms with E-state index in [4.69, 9.17) is 0 Å². The van der Waals surface area contributed by atoms with Crippen molar-refractivity contribution in [2.45, 2.75) is 77.9 Å². The molecule has 1 amide bonds. The molecule has 1 saturated carbocycles. The average Bonchev–Trinajstić information content (AvgIpc) is 3.51. The Labute approximate surface area is 180 Å². The molecule has 0 spiro atoms. The molecule has 162 valence electrons. The minimum atomic E-state index is 0.200. The van der Waals surface area contributed by atoms with Crippen LogP contribution in [0.5, 0.6) is 0 Å². The number of aromatic nitrogens is 2. The number of likely N-dealkylation sites (tertiary alicyclic amines) is 1. The van der Waals surface area contributed by atoms with Crippen LogP contribution in [0, 0.1) is 12.8 Å². The van der Waals surface area contributed by atoms with Gasteiger partial charge in [0.1, 0.15) is 0 Å². The number of hydrogen-bond donors (Lipinski definition) is 1. The van der Waals surface area contributed by atoms with Gasteiger partial charge in [-0.2, -0.15) is 5.10 Å². The van der Waals surface area contributed by atoms with Gasteiger partial charge >= 0.3 is 0 Å². The van der Waals surface area contributed by atoms with E-state index in [1.165, 1.54) is 54.7 Å². The lowest BCUT2D eigenvalue weighted by Gasteiger charge is -2.32. The van der Waals surface area contributed by atoms with Gasteiger partial charge in [-0.3, -0.25) is 14.4 Å². The van der Waals surface area contributed by atoms with Crippen LogP contribution in [0.3, 0.4) is 0 Å². The van der Waals surface area contributed by atoms with Crippen molar-refractivity contribution in [2.24, 2.45) is 5.92 Å². The van der Waals surface area contributed by atoms with Crippen LogP contribution >= 0.6 is 0 Å². The van der Waals surface area contributed by atoms with Crippen molar-refractivity contribution < 1.29 is 4.79 Å². The first-order valence-corrected chi connectivity index (χ1v) is 11.7. The molecule has 0 unspecified atom stereocenters. The molecule has 4 rings (SSSR count). The lowest BCUT2D eigenvalue weighted by Crippen LogP contribution is -2.34. The zero-order chi connectivity index (χ0) is 20.9. The Bertz CT molecular complexity index is 829. The van der Waals surface area contributed by atoms with Crippen LogP contribution in [0.2, 0.25) is 0 Å². The average molecular weight is 409 g/mol. The number of piperidine rings is 1. The molecule has 2 heterocycles. The maximum absolute atomic E-state index is 11.9. The zero-order valence-corrected chi connectivity index (χ0v) is 18.6. The van der Waals surface area contributed by atoms with E-state index in [0.29, 0.717) is 12.5 Å². The quantitative estimate of drug-likeness (QED) is 0.685. The van der Waals surface area contributed by atoms with E-state index in [-0.39, 0.29) is 5.91 Å². The van der Waals surface area contributed by atoms with Gasteiger partial charge in [0.05, 0.1) is 6.20 Å². The third-order valence-corrected chi connectivity index (χ3v) is 6.74. The van der Waals surface area contributed by atoms with E-state index < -0.39 is 0 Å². The standard InChI is InChI=1S/C25H36N4O/c1-3-29-19(2)23(17-26-29)18-28-14-12-22(13-15-28)16-21-6-4-20(5-7-21)8-11-25(30)27-24-9-10-24/h4-7,17,22,24H,3,8-16,18H2,1-2H3,(H,27,30). The van der Waals surface area contributed by atoms with Gasteiger partial charge in [0.25, 0.3) is 0 Å². The van der Waals surface area contributed by atoms with Crippen molar-refractivity contribution >= 4 is 5.91 Å².